The second kappa shape index (κ2) is 9.05. The molecule has 27 heavy (non-hydrogen) atoms. The molecule has 3 rings (SSSR count). The SMILES string of the molecule is Cc1cccc(NC(=O)c2ccccc2NC(=O)CSc2ccccc2)c1. The first-order chi connectivity index (χ1) is 13.1. The van der Waals surface area contributed by atoms with Gasteiger partial charge in [0.05, 0.1) is 17.0 Å². The molecule has 0 saturated heterocycles. The second-order valence-corrected chi connectivity index (χ2v) is 7.07. The largest absolute Gasteiger partial charge is 0.325 e. The van der Waals surface area contributed by atoms with Crippen molar-refractivity contribution < 1.29 is 9.59 Å². The monoisotopic (exact) mass is 376 g/mol. The highest BCUT2D eigenvalue weighted by molar-refractivity contribution is 8.00. The minimum Gasteiger partial charge on any atom is -0.325 e. The lowest BCUT2D eigenvalue weighted by Crippen LogP contribution is -2.19. The van der Waals surface area contributed by atoms with Crippen molar-refractivity contribution in [3.63, 3.8) is 0 Å². The lowest BCUT2D eigenvalue weighted by Gasteiger charge is -2.12. The van der Waals surface area contributed by atoms with Gasteiger partial charge in [0.25, 0.3) is 5.91 Å². The van der Waals surface area contributed by atoms with E-state index in [0.29, 0.717) is 11.3 Å². The third-order valence-electron chi connectivity index (χ3n) is 3.83. The summed E-state index contributed by atoms with van der Waals surface area (Å²) in [6, 6.07) is 24.3. The van der Waals surface area contributed by atoms with Crippen LogP contribution in [0.25, 0.3) is 0 Å². The Hall–Kier alpha value is -3.05. The number of rotatable bonds is 6. The number of benzene rings is 3. The number of anilines is 2. The maximum absolute atomic E-state index is 12.6. The molecule has 0 aliphatic heterocycles. The number of carbonyl (C=O) groups excluding carboxylic acids is 2. The molecule has 0 aliphatic carbocycles. The van der Waals surface area contributed by atoms with Crippen molar-refractivity contribution in [1.82, 2.24) is 0 Å². The fourth-order valence-corrected chi connectivity index (χ4v) is 3.28. The van der Waals surface area contributed by atoms with Crippen LogP contribution in [0.2, 0.25) is 0 Å². The van der Waals surface area contributed by atoms with Crippen LogP contribution in [-0.2, 0) is 4.79 Å². The molecule has 0 fully saturated rings. The Kier molecular flexibility index (Phi) is 6.28. The van der Waals surface area contributed by atoms with Crippen LogP contribution < -0.4 is 10.6 Å². The van der Waals surface area contributed by atoms with Gasteiger partial charge in [0, 0.05) is 10.6 Å². The van der Waals surface area contributed by atoms with Gasteiger partial charge < -0.3 is 10.6 Å². The number of hydrogen-bond donors (Lipinski definition) is 2. The highest BCUT2D eigenvalue weighted by Gasteiger charge is 2.13. The third kappa shape index (κ3) is 5.46. The van der Waals surface area contributed by atoms with Gasteiger partial charge in [-0.1, -0.05) is 42.5 Å². The summed E-state index contributed by atoms with van der Waals surface area (Å²) in [5, 5.41) is 5.71. The van der Waals surface area contributed by atoms with Crippen LogP contribution >= 0.6 is 11.8 Å². The zero-order chi connectivity index (χ0) is 19.1. The second-order valence-electron chi connectivity index (χ2n) is 6.02. The van der Waals surface area contributed by atoms with Gasteiger partial charge in [-0.25, -0.2) is 0 Å². The van der Waals surface area contributed by atoms with E-state index >= 15 is 0 Å². The quantitative estimate of drug-likeness (QED) is 0.597. The number of hydrogen-bond acceptors (Lipinski definition) is 3. The molecule has 0 bridgehead atoms. The molecular formula is C22H20N2O2S. The van der Waals surface area contributed by atoms with Crippen LogP contribution in [0.3, 0.4) is 0 Å². The molecule has 0 radical (unpaired) electrons. The highest BCUT2D eigenvalue weighted by Crippen LogP contribution is 2.20. The first-order valence-corrected chi connectivity index (χ1v) is 9.55. The number of amides is 2. The van der Waals surface area contributed by atoms with Crippen LogP contribution in [0.15, 0.2) is 83.8 Å². The smallest absolute Gasteiger partial charge is 0.257 e. The molecule has 5 heteroatoms. The Balaban J connectivity index is 1.66. The van der Waals surface area contributed by atoms with Crippen molar-refractivity contribution in [2.45, 2.75) is 11.8 Å². The summed E-state index contributed by atoms with van der Waals surface area (Å²) < 4.78 is 0. The molecule has 0 saturated carbocycles. The molecular weight excluding hydrogens is 356 g/mol. The van der Waals surface area contributed by atoms with Gasteiger partial charge in [-0.15, -0.1) is 11.8 Å². The van der Waals surface area contributed by atoms with Crippen molar-refractivity contribution in [2.24, 2.45) is 0 Å². The molecule has 2 amide bonds. The lowest BCUT2D eigenvalue weighted by atomic mass is 10.1. The molecule has 3 aromatic carbocycles. The van der Waals surface area contributed by atoms with Gasteiger partial charge in [0.2, 0.25) is 5.91 Å². The minimum absolute atomic E-state index is 0.153. The molecule has 0 unspecified atom stereocenters. The summed E-state index contributed by atoms with van der Waals surface area (Å²) in [6.07, 6.45) is 0. The molecule has 0 atom stereocenters. The summed E-state index contributed by atoms with van der Waals surface area (Å²) in [4.78, 5) is 26.0. The fourth-order valence-electron chi connectivity index (χ4n) is 2.56. The van der Waals surface area contributed by atoms with E-state index in [9.17, 15) is 9.59 Å². The summed E-state index contributed by atoms with van der Waals surface area (Å²) in [7, 11) is 0. The molecule has 0 spiro atoms. The number of para-hydroxylation sites is 1. The summed E-state index contributed by atoms with van der Waals surface area (Å²) in [6.45, 7) is 1.97. The predicted molar refractivity (Wildman–Crippen MR) is 111 cm³/mol. The lowest BCUT2D eigenvalue weighted by molar-refractivity contribution is -0.113. The van der Waals surface area contributed by atoms with Gasteiger partial charge in [-0.2, -0.15) is 0 Å². The fraction of sp³-hybridized carbons (Fsp3) is 0.0909. The van der Waals surface area contributed by atoms with Crippen LogP contribution in [-0.4, -0.2) is 17.6 Å². The van der Waals surface area contributed by atoms with E-state index in [2.05, 4.69) is 10.6 Å². The standard InChI is InChI=1S/C22H20N2O2S/c1-16-8-7-9-17(14-16)23-22(26)19-12-5-6-13-20(19)24-21(25)15-27-18-10-3-2-4-11-18/h2-14H,15H2,1H3,(H,23,26)(H,24,25). The van der Waals surface area contributed by atoms with Crippen LogP contribution in [0.4, 0.5) is 11.4 Å². The number of nitrogens with one attached hydrogen (secondary N) is 2. The Morgan fingerprint density at radius 2 is 1.59 bits per heavy atom. The molecule has 3 aromatic rings. The molecule has 0 aliphatic rings. The van der Waals surface area contributed by atoms with E-state index < -0.39 is 0 Å². The van der Waals surface area contributed by atoms with Gasteiger partial charge >= 0.3 is 0 Å². The Bertz CT molecular complexity index is 942. The zero-order valence-electron chi connectivity index (χ0n) is 14.9. The van der Waals surface area contributed by atoms with Gasteiger partial charge in [-0.3, -0.25) is 9.59 Å². The topological polar surface area (TPSA) is 58.2 Å². The van der Waals surface area contributed by atoms with Crippen molar-refractivity contribution in [2.75, 3.05) is 16.4 Å². The van der Waals surface area contributed by atoms with E-state index in [1.54, 1.807) is 24.3 Å². The van der Waals surface area contributed by atoms with Crippen LogP contribution in [0.5, 0.6) is 0 Å². The molecule has 0 aromatic heterocycles. The Morgan fingerprint density at radius 3 is 2.37 bits per heavy atom. The van der Waals surface area contributed by atoms with Gasteiger partial charge in [-0.05, 0) is 48.9 Å². The maximum atomic E-state index is 12.6. The molecule has 0 heterocycles. The molecule has 2 N–H and O–H groups in total. The summed E-state index contributed by atoms with van der Waals surface area (Å²) >= 11 is 1.45. The van der Waals surface area contributed by atoms with E-state index in [1.165, 1.54) is 11.8 Å². The Morgan fingerprint density at radius 1 is 0.852 bits per heavy atom. The number of thioether (sulfide) groups is 1. The van der Waals surface area contributed by atoms with E-state index in [4.69, 9.17) is 0 Å². The normalized spacial score (nSPS) is 10.3. The maximum Gasteiger partial charge on any atom is 0.257 e. The van der Waals surface area contributed by atoms with Gasteiger partial charge in [0.15, 0.2) is 0 Å². The predicted octanol–water partition coefficient (Wildman–Crippen LogP) is 4.98. The minimum atomic E-state index is -0.257. The van der Waals surface area contributed by atoms with E-state index in [-0.39, 0.29) is 17.6 Å². The van der Waals surface area contributed by atoms with Crippen LogP contribution in [0.1, 0.15) is 15.9 Å². The summed E-state index contributed by atoms with van der Waals surface area (Å²) in [5.41, 5.74) is 2.71. The zero-order valence-corrected chi connectivity index (χ0v) is 15.8. The Labute approximate surface area is 163 Å². The average Bonchev–Trinajstić information content (AvgIpc) is 2.67. The average molecular weight is 376 g/mol. The number of aryl methyl sites for hydroxylation is 1. The van der Waals surface area contributed by atoms with Crippen molar-refractivity contribution >= 4 is 35.0 Å². The summed E-state index contributed by atoms with van der Waals surface area (Å²) in [5.74, 6) is -0.135. The van der Waals surface area contributed by atoms with Crippen molar-refractivity contribution in [3.8, 4) is 0 Å². The first kappa shape index (κ1) is 18.7. The number of carbonyl (C=O) groups is 2. The van der Waals surface area contributed by atoms with Crippen LogP contribution in [0, 0.1) is 6.92 Å². The third-order valence-corrected chi connectivity index (χ3v) is 4.85. The van der Waals surface area contributed by atoms with Gasteiger partial charge in [0.1, 0.15) is 0 Å². The van der Waals surface area contributed by atoms with Crippen molar-refractivity contribution in [1.29, 1.82) is 0 Å². The van der Waals surface area contributed by atoms with E-state index in [1.807, 2.05) is 61.5 Å². The van der Waals surface area contributed by atoms with E-state index in [0.717, 1.165) is 16.1 Å². The first-order valence-electron chi connectivity index (χ1n) is 8.56. The highest BCUT2D eigenvalue weighted by atomic mass is 32.2. The van der Waals surface area contributed by atoms with Crippen molar-refractivity contribution in [3.05, 3.63) is 90.0 Å². The molecule has 136 valence electrons. The molecule has 4 nitrogen and oxygen atoms in total.